The number of nitrogens with zero attached hydrogens (tertiary/aromatic N) is 2. The summed E-state index contributed by atoms with van der Waals surface area (Å²) in [7, 11) is 1.44. The zero-order valence-corrected chi connectivity index (χ0v) is 12.4. The molecule has 2 aromatic rings. The summed E-state index contributed by atoms with van der Waals surface area (Å²) < 4.78 is 65.3. The Bertz CT molecular complexity index is 672. The first kappa shape index (κ1) is 15.9. The first-order valence-electron chi connectivity index (χ1n) is 5.88. The van der Waals surface area contributed by atoms with E-state index in [1.807, 2.05) is 0 Å². The van der Waals surface area contributed by atoms with E-state index in [0.29, 0.717) is 4.47 Å². The largest absolute Gasteiger partial charge is 0.433 e. The minimum Gasteiger partial charge on any atom is -0.371 e. The van der Waals surface area contributed by atoms with E-state index in [0.717, 1.165) is 12.1 Å². The lowest BCUT2D eigenvalue weighted by molar-refractivity contribution is -0.140. The lowest BCUT2D eigenvalue weighted by Crippen LogP contribution is -2.21. The van der Waals surface area contributed by atoms with Gasteiger partial charge in [0.1, 0.15) is 17.9 Å². The van der Waals surface area contributed by atoms with Gasteiger partial charge in [0.25, 0.3) is 0 Å². The molecule has 0 radical (unpaired) electrons. The zero-order chi connectivity index (χ0) is 15.8. The molecule has 0 saturated carbocycles. The van der Waals surface area contributed by atoms with Gasteiger partial charge in [0, 0.05) is 29.1 Å². The van der Waals surface area contributed by atoms with Crippen LogP contribution in [0.1, 0.15) is 5.69 Å². The number of anilines is 1. The summed E-state index contributed by atoms with van der Waals surface area (Å²) >= 11 is 3.08. The Kier molecular flexibility index (Phi) is 4.36. The minimum absolute atomic E-state index is 0.0742. The summed E-state index contributed by atoms with van der Waals surface area (Å²) in [6, 6.07) is 3.29. The van der Waals surface area contributed by atoms with Crippen LogP contribution in [0.5, 0.6) is 0 Å². The van der Waals surface area contributed by atoms with Crippen molar-refractivity contribution in [3.63, 3.8) is 0 Å². The monoisotopic (exact) mass is 368 g/mol. The van der Waals surface area contributed by atoms with Crippen LogP contribution in [-0.2, 0) is 6.18 Å². The number of rotatable bonds is 3. The fourth-order valence-electron chi connectivity index (χ4n) is 1.94. The van der Waals surface area contributed by atoms with Crippen LogP contribution in [0.3, 0.4) is 0 Å². The summed E-state index contributed by atoms with van der Waals surface area (Å²) in [5.41, 5.74) is -1.53. The molecule has 0 spiro atoms. The quantitative estimate of drug-likeness (QED) is 0.738. The van der Waals surface area contributed by atoms with Crippen molar-refractivity contribution in [3.05, 3.63) is 34.2 Å². The summed E-state index contributed by atoms with van der Waals surface area (Å²) in [6.45, 7) is -0.845. The average molecular weight is 369 g/mol. The lowest BCUT2D eigenvalue weighted by atomic mass is 10.1. The molecule has 2 rings (SSSR count). The number of alkyl halides is 4. The molecule has 1 heterocycles. The third-order valence-corrected chi connectivity index (χ3v) is 3.39. The van der Waals surface area contributed by atoms with E-state index in [2.05, 4.69) is 20.9 Å². The predicted molar refractivity (Wildman–Crippen MR) is 73.6 cm³/mol. The number of aromatic nitrogens is 1. The summed E-state index contributed by atoms with van der Waals surface area (Å²) in [6.07, 6.45) is -4.71. The molecule has 1 aromatic heterocycles. The first-order chi connectivity index (χ1) is 9.74. The van der Waals surface area contributed by atoms with Crippen LogP contribution in [0, 0.1) is 5.82 Å². The molecule has 0 aliphatic heterocycles. The van der Waals surface area contributed by atoms with Crippen LogP contribution < -0.4 is 4.90 Å². The van der Waals surface area contributed by atoms with Crippen LogP contribution in [-0.4, -0.2) is 25.3 Å². The lowest BCUT2D eigenvalue weighted by Gasteiger charge is -2.21. The Balaban J connectivity index is 2.78. The third kappa shape index (κ3) is 3.25. The minimum atomic E-state index is -4.71. The van der Waals surface area contributed by atoms with Gasteiger partial charge in [-0.05, 0) is 18.2 Å². The molecule has 0 fully saturated rings. The van der Waals surface area contributed by atoms with Crippen molar-refractivity contribution in [1.82, 2.24) is 4.98 Å². The topological polar surface area (TPSA) is 16.1 Å². The van der Waals surface area contributed by atoms with Gasteiger partial charge in [-0.1, -0.05) is 15.9 Å². The maximum absolute atomic E-state index is 13.9. The maximum atomic E-state index is 13.9. The Morgan fingerprint density at radius 3 is 2.48 bits per heavy atom. The highest BCUT2D eigenvalue weighted by Crippen LogP contribution is 2.36. The van der Waals surface area contributed by atoms with Gasteiger partial charge in [0.2, 0.25) is 0 Å². The second kappa shape index (κ2) is 5.75. The number of halogens is 6. The fourth-order valence-corrected chi connectivity index (χ4v) is 2.37. The van der Waals surface area contributed by atoms with Gasteiger partial charge in [0.15, 0.2) is 5.82 Å². The molecule has 1 aromatic carbocycles. The van der Waals surface area contributed by atoms with Gasteiger partial charge in [0.05, 0.1) is 0 Å². The number of benzene rings is 1. The van der Waals surface area contributed by atoms with Crippen molar-refractivity contribution < 1.29 is 22.0 Å². The van der Waals surface area contributed by atoms with E-state index in [9.17, 15) is 22.0 Å². The van der Waals surface area contributed by atoms with Crippen molar-refractivity contribution in [1.29, 1.82) is 0 Å². The molecular weight excluding hydrogens is 359 g/mol. The highest BCUT2D eigenvalue weighted by atomic mass is 79.9. The summed E-state index contributed by atoms with van der Waals surface area (Å²) in [5, 5.41) is 0.186. The number of hydrogen-bond acceptors (Lipinski definition) is 2. The van der Waals surface area contributed by atoms with Crippen LogP contribution in [0.2, 0.25) is 0 Å². The molecule has 0 amide bonds. The molecule has 0 aliphatic rings. The highest BCUT2D eigenvalue weighted by molar-refractivity contribution is 9.10. The van der Waals surface area contributed by atoms with Crippen molar-refractivity contribution >= 4 is 32.5 Å². The molecule has 21 heavy (non-hydrogen) atoms. The second-order valence-corrected chi connectivity index (χ2v) is 5.33. The second-order valence-electron chi connectivity index (χ2n) is 4.42. The standard InChI is InChI=1S/C13H10BrF5N2/c1-21(3-2-15)10-6-11(13(17,18)19)20-12-8(10)4-7(14)5-9(12)16/h4-6H,2-3H2,1H3. The normalized spacial score (nSPS) is 12.0. The molecule has 0 N–H and O–H groups in total. The average Bonchev–Trinajstić information content (AvgIpc) is 2.36. The van der Waals surface area contributed by atoms with Gasteiger partial charge in [-0.25, -0.2) is 13.8 Å². The van der Waals surface area contributed by atoms with E-state index in [1.165, 1.54) is 18.0 Å². The Hall–Kier alpha value is -1.44. The molecule has 0 atom stereocenters. The van der Waals surface area contributed by atoms with Crippen molar-refractivity contribution in [2.75, 3.05) is 25.2 Å². The SMILES string of the molecule is CN(CCF)c1cc(C(F)(F)F)nc2c(F)cc(Br)cc12. The van der Waals surface area contributed by atoms with E-state index in [-0.39, 0.29) is 17.6 Å². The van der Waals surface area contributed by atoms with E-state index in [4.69, 9.17) is 0 Å². The Morgan fingerprint density at radius 1 is 1.24 bits per heavy atom. The van der Waals surface area contributed by atoms with Crippen molar-refractivity contribution in [2.45, 2.75) is 6.18 Å². The van der Waals surface area contributed by atoms with Crippen molar-refractivity contribution in [3.8, 4) is 0 Å². The molecule has 0 bridgehead atoms. The molecule has 0 unspecified atom stereocenters. The number of hydrogen-bond donors (Lipinski definition) is 0. The van der Waals surface area contributed by atoms with Gasteiger partial charge in [-0.15, -0.1) is 0 Å². The van der Waals surface area contributed by atoms with Crippen LogP contribution in [0.15, 0.2) is 22.7 Å². The molecule has 0 saturated heterocycles. The van der Waals surface area contributed by atoms with Gasteiger partial charge < -0.3 is 4.90 Å². The van der Waals surface area contributed by atoms with Crippen LogP contribution in [0.4, 0.5) is 27.6 Å². The summed E-state index contributed by atoms with van der Waals surface area (Å²) in [4.78, 5) is 4.65. The van der Waals surface area contributed by atoms with E-state index < -0.39 is 29.9 Å². The zero-order valence-electron chi connectivity index (χ0n) is 10.8. The summed E-state index contributed by atoms with van der Waals surface area (Å²) in [5.74, 6) is -0.875. The maximum Gasteiger partial charge on any atom is 0.433 e. The molecule has 2 nitrogen and oxygen atoms in total. The number of fused-ring (bicyclic) bond motifs is 1. The Labute approximate surface area is 125 Å². The fraction of sp³-hybridized carbons (Fsp3) is 0.308. The van der Waals surface area contributed by atoms with E-state index in [1.54, 1.807) is 0 Å². The third-order valence-electron chi connectivity index (χ3n) is 2.93. The van der Waals surface area contributed by atoms with Crippen molar-refractivity contribution in [2.24, 2.45) is 0 Å². The predicted octanol–water partition coefficient (Wildman–Crippen LogP) is 4.56. The molecule has 114 valence electrons. The Morgan fingerprint density at radius 2 is 1.90 bits per heavy atom. The molecule has 0 aliphatic carbocycles. The van der Waals surface area contributed by atoms with Gasteiger partial charge in [-0.2, -0.15) is 13.2 Å². The highest BCUT2D eigenvalue weighted by Gasteiger charge is 2.34. The molecular formula is C13H10BrF5N2. The molecule has 8 heteroatoms. The number of pyridine rings is 1. The van der Waals surface area contributed by atoms with E-state index >= 15 is 0 Å². The smallest absolute Gasteiger partial charge is 0.371 e. The van der Waals surface area contributed by atoms with Crippen LogP contribution >= 0.6 is 15.9 Å². The van der Waals surface area contributed by atoms with Gasteiger partial charge in [-0.3, -0.25) is 0 Å². The van der Waals surface area contributed by atoms with Crippen LogP contribution in [0.25, 0.3) is 10.9 Å². The van der Waals surface area contributed by atoms with Gasteiger partial charge >= 0.3 is 6.18 Å². The first-order valence-corrected chi connectivity index (χ1v) is 6.67.